The lowest BCUT2D eigenvalue weighted by molar-refractivity contribution is -0.113. The van der Waals surface area contributed by atoms with Gasteiger partial charge in [-0.15, -0.1) is 0 Å². The van der Waals surface area contributed by atoms with Gasteiger partial charge in [-0.25, -0.2) is 4.98 Å². The van der Waals surface area contributed by atoms with Gasteiger partial charge in [-0.2, -0.15) is 0 Å². The summed E-state index contributed by atoms with van der Waals surface area (Å²) in [6.45, 7) is 1.85. The smallest absolute Gasteiger partial charge is 0.257 e. The van der Waals surface area contributed by atoms with E-state index in [9.17, 15) is 4.79 Å². The first-order chi connectivity index (χ1) is 11.0. The molecule has 1 heterocycles. The molecule has 1 aromatic heterocycles. The second-order valence-corrected chi connectivity index (χ2v) is 6.55. The van der Waals surface area contributed by atoms with Crippen molar-refractivity contribution in [3.8, 4) is 0 Å². The van der Waals surface area contributed by atoms with Gasteiger partial charge in [0.1, 0.15) is 5.52 Å². The van der Waals surface area contributed by atoms with Gasteiger partial charge in [0.2, 0.25) is 5.91 Å². The standard InChI is InChI=1S/C16H12Cl2N2O2S/c1-9-6-7-10(17)15(14(9)18)20-13(21)8-23-16-19-11-4-2-3-5-12(11)22-16/h2-7H,8H2,1H3,(H,20,21). The molecule has 3 aromatic rings. The quantitative estimate of drug-likeness (QED) is 0.646. The molecule has 0 saturated heterocycles. The zero-order chi connectivity index (χ0) is 16.4. The predicted octanol–water partition coefficient (Wildman–Crippen LogP) is 5.17. The molecule has 3 rings (SSSR count). The van der Waals surface area contributed by atoms with Gasteiger partial charge in [-0.1, -0.05) is 53.2 Å². The molecule has 0 radical (unpaired) electrons. The molecular weight excluding hydrogens is 355 g/mol. The minimum atomic E-state index is -0.230. The molecule has 118 valence electrons. The van der Waals surface area contributed by atoms with E-state index in [0.717, 1.165) is 11.1 Å². The third kappa shape index (κ3) is 3.63. The van der Waals surface area contributed by atoms with E-state index in [-0.39, 0.29) is 11.7 Å². The summed E-state index contributed by atoms with van der Waals surface area (Å²) in [5, 5.41) is 4.02. The van der Waals surface area contributed by atoms with Crippen LogP contribution in [0.4, 0.5) is 5.69 Å². The van der Waals surface area contributed by atoms with Crippen molar-refractivity contribution in [1.82, 2.24) is 4.98 Å². The molecule has 2 aromatic carbocycles. The van der Waals surface area contributed by atoms with Gasteiger partial charge in [0.05, 0.1) is 21.5 Å². The molecule has 23 heavy (non-hydrogen) atoms. The van der Waals surface area contributed by atoms with E-state index < -0.39 is 0 Å². The highest BCUT2D eigenvalue weighted by Gasteiger charge is 2.13. The second-order valence-electron chi connectivity index (χ2n) is 4.84. The molecular formula is C16H12Cl2N2O2S. The third-order valence-corrected chi connectivity index (χ3v) is 4.78. The van der Waals surface area contributed by atoms with Crippen molar-refractivity contribution in [2.75, 3.05) is 11.1 Å². The Morgan fingerprint density at radius 1 is 1.26 bits per heavy atom. The first-order valence-electron chi connectivity index (χ1n) is 6.77. The van der Waals surface area contributed by atoms with E-state index >= 15 is 0 Å². The molecule has 7 heteroatoms. The minimum absolute atomic E-state index is 0.146. The van der Waals surface area contributed by atoms with Crippen LogP contribution >= 0.6 is 35.0 Å². The number of aromatic nitrogens is 1. The van der Waals surface area contributed by atoms with Crippen LogP contribution in [0.15, 0.2) is 46.0 Å². The van der Waals surface area contributed by atoms with Gasteiger partial charge in [0.15, 0.2) is 5.58 Å². The van der Waals surface area contributed by atoms with Crippen molar-refractivity contribution < 1.29 is 9.21 Å². The summed E-state index contributed by atoms with van der Waals surface area (Å²) in [5.74, 6) is -0.0837. The van der Waals surface area contributed by atoms with Crippen LogP contribution in [0, 0.1) is 6.92 Å². The van der Waals surface area contributed by atoms with Crippen LogP contribution in [0.25, 0.3) is 11.1 Å². The van der Waals surface area contributed by atoms with E-state index in [0.29, 0.717) is 26.5 Å². The molecule has 0 saturated carbocycles. The molecule has 0 bridgehead atoms. The monoisotopic (exact) mass is 366 g/mol. The van der Waals surface area contributed by atoms with E-state index in [1.807, 2.05) is 31.2 Å². The Morgan fingerprint density at radius 2 is 2.04 bits per heavy atom. The molecule has 0 aliphatic heterocycles. The first kappa shape index (κ1) is 16.2. The molecule has 0 aliphatic carbocycles. The lowest BCUT2D eigenvalue weighted by Gasteiger charge is -2.10. The maximum atomic E-state index is 12.1. The van der Waals surface area contributed by atoms with Crippen LogP contribution in [0.1, 0.15) is 5.56 Å². The number of carbonyl (C=O) groups excluding carboxylic acids is 1. The Hall–Kier alpha value is -1.69. The number of nitrogens with one attached hydrogen (secondary N) is 1. The fourth-order valence-electron chi connectivity index (χ4n) is 1.99. The van der Waals surface area contributed by atoms with E-state index in [4.69, 9.17) is 27.6 Å². The highest BCUT2D eigenvalue weighted by molar-refractivity contribution is 7.99. The van der Waals surface area contributed by atoms with Crippen molar-refractivity contribution in [2.24, 2.45) is 0 Å². The summed E-state index contributed by atoms with van der Waals surface area (Å²) in [7, 11) is 0. The largest absolute Gasteiger partial charge is 0.431 e. The van der Waals surface area contributed by atoms with Crippen molar-refractivity contribution >= 4 is 57.7 Å². The average molecular weight is 367 g/mol. The Balaban J connectivity index is 1.67. The molecule has 1 amide bonds. The Morgan fingerprint density at radius 3 is 2.83 bits per heavy atom. The van der Waals surface area contributed by atoms with Crippen LogP contribution in [0.5, 0.6) is 0 Å². The van der Waals surface area contributed by atoms with Gasteiger partial charge in [0.25, 0.3) is 5.22 Å². The van der Waals surface area contributed by atoms with Crippen molar-refractivity contribution in [1.29, 1.82) is 0 Å². The topological polar surface area (TPSA) is 55.1 Å². The SMILES string of the molecule is Cc1ccc(Cl)c(NC(=O)CSc2nc3ccccc3o2)c1Cl. The van der Waals surface area contributed by atoms with Crippen LogP contribution in [0.2, 0.25) is 10.0 Å². The van der Waals surface area contributed by atoms with Crippen LogP contribution in [-0.4, -0.2) is 16.6 Å². The number of oxazole rings is 1. The number of rotatable bonds is 4. The minimum Gasteiger partial charge on any atom is -0.431 e. The van der Waals surface area contributed by atoms with Gasteiger partial charge >= 0.3 is 0 Å². The number of para-hydroxylation sites is 2. The number of carbonyl (C=O) groups is 1. The van der Waals surface area contributed by atoms with Gasteiger partial charge in [-0.05, 0) is 30.7 Å². The van der Waals surface area contributed by atoms with Gasteiger partial charge in [-0.3, -0.25) is 4.79 Å². The number of fused-ring (bicyclic) bond motifs is 1. The zero-order valence-corrected chi connectivity index (χ0v) is 14.4. The number of hydrogen-bond acceptors (Lipinski definition) is 4. The number of anilines is 1. The van der Waals surface area contributed by atoms with Crippen LogP contribution < -0.4 is 5.32 Å². The third-order valence-electron chi connectivity index (χ3n) is 3.15. The summed E-state index contributed by atoms with van der Waals surface area (Å²) in [6, 6.07) is 10.9. The summed E-state index contributed by atoms with van der Waals surface area (Å²) in [6.07, 6.45) is 0. The summed E-state index contributed by atoms with van der Waals surface area (Å²) in [4.78, 5) is 16.4. The molecule has 0 spiro atoms. The molecule has 1 N–H and O–H groups in total. The normalized spacial score (nSPS) is 10.9. The van der Waals surface area contributed by atoms with Gasteiger partial charge < -0.3 is 9.73 Å². The predicted molar refractivity (Wildman–Crippen MR) is 94.6 cm³/mol. The maximum Gasteiger partial charge on any atom is 0.257 e. The number of benzene rings is 2. The summed E-state index contributed by atoms with van der Waals surface area (Å²) >= 11 is 13.5. The number of hydrogen-bond donors (Lipinski definition) is 1. The Kier molecular flexibility index (Phi) is 4.80. The molecule has 4 nitrogen and oxygen atoms in total. The van der Waals surface area contributed by atoms with Crippen molar-refractivity contribution in [3.05, 3.63) is 52.0 Å². The Bertz CT molecular complexity index is 847. The van der Waals surface area contributed by atoms with Crippen LogP contribution in [-0.2, 0) is 4.79 Å². The maximum absolute atomic E-state index is 12.1. The fraction of sp³-hybridized carbons (Fsp3) is 0.125. The first-order valence-corrected chi connectivity index (χ1v) is 8.51. The lowest BCUT2D eigenvalue weighted by atomic mass is 10.2. The van der Waals surface area contributed by atoms with E-state index in [2.05, 4.69) is 10.3 Å². The number of halogens is 2. The lowest BCUT2D eigenvalue weighted by Crippen LogP contribution is -2.15. The highest BCUT2D eigenvalue weighted by atomic mass is 35.5. The van der Waals surface area contributed by atoms with Crippen molar-refractivity contribution in [3.63, 3.8) is 0 Å². The highest BCUT2D eigenvalue weighted by Crippen LogP contribution is 2.33. The number of nitrogens with zero attached hydrogens (tertiary/aromatic N) is 1. The Labute approximate surface area is 147 Å². The zero-order valence-electron chi connectivity index (χ0n) is 12.1. The van der Waals surface area contributed by atoms with E-state index in [1.165, 1.54) is 11.8 Å². The number of amides is 1. The molecule has 0 atom stereocenters. The molecule has 0 fully saturated rings. The second kappa shape index (κ2) is 6.83. The van der Waals surface area contributed by atoms with Crippen LogP contribution in [0.3, 0.4) is 0 Å². The number of thioether (sulfide) groups is 1. The molecule has 0 aliphatic rings. The average Bonchev–Trinajstić information content (AvgIpc) is 2.96. The summed E-state index contributed by atoms with van der Waals surface area (Å²) in [5.41, 5.74) is 2.73. The fourth-order valence-corrected chi connectivity index (χ4v) is 3.09. The summed E-state index contributed by atoms with van der Waals surface area (Å²) < 4.78 is 5.55. The molecule has 0 unspecified atom stereocenters. The van der Waals surface area contributed by atoms with Gasteiger partial charge in [0, 0.05) is 0 Å². The van der Waals surface area contributed by atoms with E-state index in [1.54, 1.807) is 12.1 Å². The van der Waals surface area contributed by atoms with Crippen molar-refractivity contribution in [2.45, 2.75) is 12.1 Å². The number of aryl methyl sites for hydroxylation is 1.